The number of fused-ring (bicyclic) bond motifs is 3. The molecule has 0 aliphatic carbocycles. The molecule has 5 N–H and O–H groups in total. The lowest BCUT2D eigenvalue weighted by Gasteiger charge is -2.21. The minimum Gasteiger partial charge on any atom is -0.508 e. The fraction of sp³-hybridized carbons (Fsp3) is 0.267. The van der Waals surface area contributed by atoms with Crippen LogP contribution in [0.15, 0.2) is 54.6 Å². The van der Waals surface area contributed by atoms with E-state index in [1.54, 1.807) is 12.1 Å². The molecule has 1 aliphatic heterocycles. The molecule has 0 radical (unpaired) electrons. The summed E-state index contributed by atoms with van der Waals surface area (Å²) in [6, 6.07) is 17.1. The molecule has 5 aromatic rings. The first-order valence-corrected chi connectivity index (χ1v) is 13.2. The van der Waals surface area contributed by atoms with E-state index < -0.39 is 0 Å². The van der Waals surface area contributed by atoms with Gasteiger partial charge in [-0.25, -0.2) is 9.97 Å². The Morgan fingerprint density at radius 1 is 1.18 bits per heavy atom. The number of carbonyl (C=O) groups is 1. The van der Waals surface area contributed by atoms with Crippen LogP contribution in [0.4, 0.5) is 0 Å². The second kappa shape index (κ2) is 9.99. The third-order valence-electron chi connectivity index (χ3n) is 7.60. The van der Waals surface area contributed by atoms with Gasteiger partial charge in [0.25, 0.3) is 5.91 Å². The zero-order chi connectivity index (χ0) is 27.1. The van der Waals surface area contributed by atoms with Crippen molar-refractivity contribution < 1.29 is 9.90 Å². The Hall–Kier alpha value is -4.50. The Balaban J connectivity index is 1.15. The van der Waals surface area contributed by atoms with Gasteiger partial charge in [0.05, 0.1) is 34.9 Å². The molecule has 0 fully saturated rings. The van der Waals surface area contributed by atoms with Gasteiger partial charge in [-0.05, 0) is 48.4 Å². The van der Waals surface area contributed by atoms with E-state index >= 15 is 0 Å². The van der Waals surface area contributed by atoms with Crippen LogP contribution in [0.5, 0.6) is 5.75 Å². The molecule has 1 aliphatic rings. The van der Waals surface area contributed by atoms with Crippen LogP contribution in [0.1, 0.15) is 45.9 Å². The smallest absolute Gasteiger partial charge is 0.251 e. The number of aromatic amines is 1. The molecule has 0 spiro atoms. The molecule has 9 heteroatoms. The monoisotopic (exact) mass is 521 g/mol. The second-order valence-electron chi connectivity index (χ2n) is 10.2. The van der Waals surface area contributed by atoms with Crippen LogP contribution in [0.3, 0.4) is 0 Å². The molecular weight excluding hydrogens is 490 g/mol. The molecule has 3 heterocycles. The number of phenolic OH excluding ortho intramolecular Hbond substituents is 1. The first-order valence-electron chi connectivity index (χ1n) is 13.2. The Bertz CT molecular complexity index is 1730. The highest BCUT2D eigenvalue weighted by atomic mass is 16.3. The van der Waals surface area contributed by atoms with Crippen LogP contribution in [-0.2, 0) is 32.9 Å². The van der Waals surface area contributed by atoms with E-state index in [0.29, 0.717) is 43.6 Å². The maximum absolute atomic E-state index is 13.0. The SMILES string of the molecule is CC(=N)C1Cc2nc(Cc3nc4ccc(C(=O)NCCc5c(O)ccc6ccccc56)cc4n3C)[nH]c2CN1. The van der Waals surface area contributed by atoms with Crippen LogP contribution in [0.25, 0.3) is 21.8 Å². The van der Waals surface area contributed by atoms with Gasteiger partial charge in [-0.3, -0.25) is 4.79 Å². The molecular formula is C30H31N7O2. The Kier molecular flexibility index (Phi) is 6.36. The van der Waals surface area contributed by atoms with E-state index in [4.69, 9.17) is 15.4 Å². The number of amides is 1. The number of rotatable bonds is 7. The zero-order valence-electron chi connectivity index (χ0n) is 22.0. The molecule has 3 aromatic carbocycles. The molecule has 2 aromatic heterocycles. The van der Waals surface area contributed by atoms with Gasteiger partial charge >= 0.3 is 0 Å². The first-order chi connectivity index (χ1) is 18.9. The topological polar surface area (TPSA) is 132 Å². The normalized spacial score (nSPS) is 15.0. The predicted molar refractivity (Wildman–Crippen MR) is 151 cm³/mol. The fourth-order valence-electron chi connectivity index (χ4n) is 5.38. The van der Waals surface area contributed by atoms with Crippen LogP contribution in [0.2, 0.25) is 0 Å². The van der Waals surface area contributed by atoms with Gasteiger partial charge < -0.3 is 30.7 Å². The third-order valence-corrected chi connectivity index (χ3v) is 7.60. The lowest BCUT2D eigenvalue weighted by Crippen LogP contribution is -2.40. The van der Waals surface area contributed by atoms with Gasteiger partial charge in [-0.2, -0.15) is 0 Å². The van der Waals surface area contributed by atoms with Crippen molar-refractivity contribution in [2.75, 3.05) is 6.54 Å². The number of nitrogens with one attached hydrogen (secondary N) is 4. The van der Waals surface area contributed by atoms with Gasteiger partial charge in [-0.1, -0.05) is 30.3 Å². The summed E-state index contributed by atoms with van der Waals surface area (Å²) in [5, 5.41) is 26.7. The van der Waals surface area contributed by atoms with Gasteiger partial charge in [0, 0.05) is 43.4 Å². The van der Waals surface area contributed by atoms with E-state index in [1.165, 1.54) is 0 Å². The van der Waals surface area contributed by atoms with E-state index in [9.17, 15) is 9.90 Å². The predicted octanol–water partition coefficient (Wildman–Crippen LogP) is 3.77. The van der Waals surface area contributed by atoms with Crippen molar-refractivity contribution in [1.29, 1.82) is 5.41 Å². The number of phenols is 1. The third kappa shape index (κ3) is 4.77. The number of benzene rings is 3. The standard InChI is InChI=1S/C30H31N7O2/c1-17(31)23-14-24-25(16-33-23)35-28(34-24)15-29-36-22-9-7-19(13-26(22)37(29)2)30(39)32-12-11-21-20-6-4-3-5-18(20)8-10-27(21)38/h3-10,13,23,31,33,38H,11-12,14-16H2,1-2H3,(H,32,39)(H,34,35). The summed E-state index contributed by atoms with van der Waals surface area (Å²) in [4.78, 5) is 26.0. The zero-order valence-corrected chi connectivity index (χ0v) is 22.0. The molecule has 1 atom stereocenters. The molecule has 198 valence electrons. The van der Waals surface area contributed by atoms with Crippen molar-refractivity contribution in [3.63, 3.8) is 0 Å². The number of carbonyl (C=O) groups excluding carboxylic acids is 1. The van der Waals surface area contributed by atoms with Crippen LogP contribution >= 0.6 is 0 Å². The van der Waals surface area contributed by atoms with Gasteiger partial charge in [0.1, 0.15) is 17.4 Å². The Morgan fingerprint density at radius 3 is 2.87 bits per heavy atom. The summed E-state index contributed by atoms with van der Waals surface area (Å²) in [7, 11) is 1.95. The fourth-order valence-corrected chi connectivity index (χ4v) is 5.38. The minimum atomic E-state index is -0.165. The largest absolute Gasteiger partial charge is 0.508 e. The summed E-state index contributed by atoms with van der Waals surface area (Å²) in [6.07, 6.45) is 1.78. The summed E-state index contributed by atoms with van der Waals surface area (Å²) < 4.78 is 2.00. The quantitative estimate of drug-likeness (QED) is 0.208. The van der Waals surface area contributed by atoms with Gasteiger partial charge in [0.15, 0.2) is 0 Å². The number of aromatic nitrogens is 4. The summed E-state index contributed by atoms with van der Waals surface area (Å²) >= 11 is 0. The Morgan fingerprint density at radius 2 is 2.03 bits per heavy atom. The number of H-pyrrole nitrogens is 1. The summed E-state index contributed by atoms with van der Waals surface area (Å²) in [6.45, 7) is 2.90. The number of nitrogens with zero attached hydrogens (tertiary/aromatic N) is 3. The molecule has 9 nitrogen and oxygen atoms in total. The van der Waals surface area contributed by atoms with Crippen LogP contribution in [-0.4, -0.2) is 48.8 Å². The van der Waals surface area contributed by atoms with Gasteiger partial charge in [-0.15, -0.1) is 0 Å². The maximum Gasteiger partial charge on any atom is 0.251 e. The minimum absolute atomic E-state index is 0.0340. The highest BCUT2D eigenvalue weighted by Gasteiger charge is 2.23. The molecule has 6 rings (SSSR count). The molecule has 0 saturated carbocycles. The maximum atomic E-state index is 13.0. The number of hydrogen-bond donors (Lipinski definition) is 5. The van der Waals surface area contributed by atoms with Crippen LogP contribution < -0.4 is 10.6 Å². The molecule has 0 bridgehead atoms. The van der Waals surface area contributed by atoms with Crippen molar-refractivity contribution in [1.82, 2.24) is 30.2 Å². The van der Waals surface area contributed by atoms with Crippen LogP contribution in [0, 0.1) is 5.41 Å². The molecule has 1 unspecified atom stereocenters. The number of imidazole rings is 2. The van der Waals surface area contributed by atoms with Crippen molar-refractivity contribution in [3.8, 4) is 5.75 Å². The molecule has 0 saturated heterocycles. The Labute approximate surface area is 225 Å². The van der Waals surface area contributed by atoms with Crippen molar-refractivity contribution in [2.24, 2.45) is 7.05 Å². The van der Waals surface area contributed by atoms with Crippen molar-refractivity contribution in [2.45, 2.75) is 38.8 Å². The number of hydrogen-bond acceptors (Lipinski definition) is 6. The van der Waals surface area contributed by atoms with E-state index in [1.807, 2.05) is 61.0 Å². The van der Waals surface area contributed by atoms with E-state index in [-0.39, 0.29) is 17.7 Å². The van der Waals surface area contributed by atoms with Crippen molar-refractivity contribution >= 4 is 33.4 Å². The highest BCUT2D eigenvalue weighted by Crippen LogP contribution is 2.27. The number of aryl methyl sites for hydroxylation is 1. The first kappa shape index (κ1) is 24.8. The molecule has 1 amide bonds. The summed E-state index contributed by atoms with van der Waals surface area (Å²) in [5.41, 5.74) is 5.79. The highest BCUT2D eigenvalue weighted by molar-refractivity contribution is 5.97. The van der Waals surface area contributed by atoms with Gasteiger partial charge in [0.2, 0.25) is 0 Å². The summed E-state index contributed by atoms with van der Waals surface area (Å²) in [5.74, 6) is 1.78. The number of aromatic hydroxyl groups is 1. The second-order valence-corrected chi connectivity index (χ2v) is 10.2. The molecule has 39 heavy (non-hydrogen) atoms. The van der Waals surface area contributed by atoms with E-state index in [0.717, 1.165) is 50.4 Å². The van der Waals surface area contributed by atoms with Crippen molar-refractivity contribution in [3.05, 3.63) is 88.8 Å². The average molecular weight is 522 g/mol. The lowest BCUT2D eigenvalue weighted by molar-refractivity contribution is 0.0954. The average Bonchev–Trinajstić information content (AvgIpc) is 3.48. The van der Waals surface area contributed by atoms with E-state index in [2.05, 4.69) is 15.6 Å². The lowest BCUT2D eigenvalue weighted by atomic mass is 10.0.